The van der Waals surface area contributed by atoms with Gasteiger partial charge in [0.2, 0.25) is 0 Å². The molecule has 5 aliphatic carbocycles. The van der Waals surface area contributed by atoms with E-state index in [2.05, 4.69) is 55.4 Å². The van der Waals surface area contributed by atoms with Gasteiger partial charge in [-0.05, 0) is 102 Å². The molecule has 0 bridgehead atoms. The fraction of sp³-hybridized carbons (Fsp3) is 0.933. The zero-order valence-electron chi connectivity index (χ0n) is 22.5. The summed E-state index contributed by atoms with van der Waals surface area (Å²) in [6.07, 6.45) is 7.09. The van der Waals surface area contributed by atoms with Gasteiger partial charge in [-0.15, -0.1) is 0 Å². The van der Waals surface area contributed by atoms with Gasteiger partial charge in [0.15, 0.2) is 0 Å². The second-order valence-corrected chi connectivity index (χ2v) is 14.9. The molecule has 3 saturated carbocycles. The number of aliphatic hydroxyl groups is 3. The molecular formula is C30H50O3. The van der Waals surface area contributed by atoms with Gasteiger partial charge in [-0.1, -0.05) is 66.5 Å². The molecule has 0 aromatic carbocycles. The normalized spacial score (nSPS) is 55.6. The SMILES string of the molecule is CC(C)[C@H]1C[C@H](O)[C@@H]2[C@]1(C)CC[C@]1(C)C3=C(CC[C@@]21C)[C@@]1(C)C[C@@H](O)[C@H](O)C(C)(C)[C@@H]1CC3. The number of aliphatic hydroxyl groups excluding tert-OH is 3. The van der Waals surface area contributed by atoms with Crippen LogP contribution in [-0.2, 0) is 0 Å². The quantitative estimate of drug-likeness (QED) is 0.415. The van der Waals surface area contributed by atoms with E-state index in [1.807, 2.05) is 0 Å². The Morgan fingerprint density at radius 3 is 2.12 bits per heavy atom. The number of hydrogen-bond acceptors (Lipinski definition) is 3. The highest BCUT2D eigenvalue weighted by Crippen LogP contribution is 2.75. The predicted octanol–water partition coefficient (Wildman–Crippen LogP) is 6.11. The molecule has 0 heterocycles. The molecule has 3 fully saturated rings. The van der Waals surface area contributed by atoms with Gasteiger partial charge in [0.25, 0.3) is 0 Å². The lowest BCUT2D eigenvalue weighted by molar-refractivity contribution is -0.168. The molecule has 0 aliphatic heterocycles. The number of allylic oxidation sites excluding steroid dienone is 2. The Labute approximate surface area is 202 Å². The van der Waals surface area contributed by atoms with Gasteiger partial charge < -0.3 is 15.3 Å². The van der Waals surface area contributed by atoms with Gasteiger partial charge in [0, 0.05) is 0 Å². The highest BCUT2D eigenvalue weighted by Gasteiger charge is 2.69. The summed E-state index contributed by atoms with van der Waals surface area (Å²) in [6, 6.07) is 0. The van der Waals surface area contributed by atoms with Crippen molar-refractivity contribution in [1.29, 1.82) is 0 Å². The van der Waals surface area contributed by atoms with Crippen molar-refractivity contribution >= 4 is 0 Å². The first kappa shape index (κ1) is 24.3. The zero-order chi connectivity index (χ0) is 24.4. The summed E-state index contributed by atoms with van der Waals surface area (Å²) in [7, 11) is 0. The summed E-state index contributed by atoms with van der Waals surface area (Å²) < 4.78 is 0. The molecule has 0 amide bonds. The maximum atomic E-state index is 11.5. The summed E-state index contributed by atoms with van der Waals surface area (Å²) >= 11 is 0. The Bertz CT molecular complexity index is 859. The molecule has 3 heteroatoms. The molecule has 33 heavy (non-hydrogen) atoms. The average molecular weight is 459 g/mol. The zero-order valence-corrected chi connectivity index (χ0v) is 22.5. The standard InChI is InChI=1S/C30H50O3/c1-17(2)20-15-21(31)24-27(20,5)13-14-29(7)19-9-10-23-26(3,4)25(33)22(32)16-28(23,6)18(19)11-12-30(24,29)8/h17,20-25,31-33H,9-16H2,1-8H3/t20-,21+,22-,23+,24-,25+,27-,28-,29-,30+/m1/s1. The van der Waals surface area contributed by atoms with E-state index in [4.69, 9.17) is 0 Å². The third-order valence-corrected chi connectivity index (χ3v) is 13.1. The van der Waals surface area contributed by atoms with E-state index in [1.165, 1.54) is 12.8 Å². The highest BCUT2D eigenvalue weighted by molar-refractivity contribution is 5.39. The van der Waals surface area contributed by atoms with Crippen molar-refractivity contribution in [2.75, 3.05) is 0 Å². The summed E-state index contributed by atoms with van der Waals surface area (Å²) in [5.41, 5.74) is 3.46. The molecule has 10 atom stereocenters. The summed E-state index contributed by atoms with van der Waals surface area (Å²) in [5, 5.41) is 33.3. The summed E-state index contributed by atoms with van der Waals surface area (Å²) in [4.78, 5) is 0. The molecule has 0 aromatic heterocycles. The van der Waals surface area contributed by atoms with Crippen LogP contribution in [0.5, 0.6) is 0 Å². The molecule has 0 aromatic rings. The van der Waals surface area contributed by atoms with Gasteiger partial charge in [-0.25, -0.2) is 0 Å². The van der Waals surface area contributed by atoms with Crippen LogP contribution in [0.15, 0.2) is 11.1 Å². The van der Waals surface area contributed by atoms with Crippen molar-refractivity contribution in [1.82, 2.24) is 0 Å². The maximum Gasteiger partial charge on any atom is 0.0853 e. The molecule has 3 N–H and O–H groups in total. The van der Waals surface area contributed by atoms with Crippen LogP contribution in [0.3, 0.4) is 0 Å². The van der Waals surface area contributed by atoms with Crippen LogP contribution in [0, 0.1) is 50.7 Å². The minimum Gasteiger partial charge on any atom is -0.393 e. The number of rotatable bonds is 1. The van der Waals surface area contributed by atoms with E-state index in [1.54, 1.807) is 11.1 Å². The minimum atomic E-state index is -0.646. The number of hydrogen-bond donors (Lipinski definition) is 3. The second-order valence-electron chi connectivity index (χ2n) is 14.9. The molecule has 5 aliphatic rings. The smallest absolute Gasteiger partial charge is 0.0853 e. The van der Waals surface area contributed by atoms with E-state index in [0.29, 0.717) is 30.1 Å². The second kappa shape index (κ2) is 7.10. The third-order valence-electron chi connectivity index (χ3n) is 13.1. The minimum absolute atomic E-state index is 0.0322. The fourth-order valence-corrected chi connectivity index (χ4v) is 11.4. The fourth-order valence-electron chi connectivity index (χ4n) is 11.4. The monoisotopic (exact) mass is 458 g/mol. The number of fused-ring (bicyclic) bond motifs is 6. The molecule has 0 spiro atoms. The molecule has 3 nitrogen and oxygen atoms in total. The molecule has 188 valence electrons. The predicted molar refractivity (Wildman–Crippen MR) is 133 cm³/mol. The molecular weight excluding hydrogens is 408 g/mol. The van der Waals surface area contributed by atoms with Gasteiger partial charge in [0.05, 0.1) is 18.3 Å². The molecule has 0 radical (unpaired) electrons. The maximum absolute atomic E-state index is 11.5. The van der Waals surface area contributed by atoms with Gasteiger partial charge in [-0.3, -0.25) is 0 Å². The van der Waals surface area contributed by atoms with Crippen LogP contribution in [0.1, 0.15) is 107 Å². The van der Waals surface area contributed by atoms with Crippen LogP contribution >= 0.6 is 0 Å². The van der Waals surface area contributed by atoms with Gasteiger partial charge in [-0.2, -0.15) is 0 Å². The topological polar surface area (TPSA) is 60.7 Å². The van der Waals surface area contributed by atoms with E-state index < -0.39 is 12.2 Å². The largest absolute Gasteiger partial charge is 0.393 e. The highest BCUT2D eigenvalue weighted by atomic mass is 16.3. The molecule has 0 unspecified atom stereocenters. The Morgan fingerprint density at radius 1 is 0.818 bits per heavy atom. The molecule has 0 saturated heterocycles. The van der Waals surface area contributed by atoms with Crippen molar-refractivity contribution in [3.05, 3.63) is 11.1 Å². The lowest BCUT2D eigenvalue weighted by Gasteiger charge is -2.68. The van der Waals surface area contributed by atoms with Crippen LogP contribution in [0.4, 0.5) is 0 Å². The lowest BCUT2D eigenvalue weighted by Crippen LogP contribution is -2.62. The first-order chi connectivity index (χ1) is 15.1. The van der Waals surface area contributed by atoms with Crippen LogP contribution < -0.4 is 0 Å². The van der Waals surface area contributed by atoms with E-state index in [9.17, 15) is 15.3 Å². The summed E-state index contributed by atoms with van der Waals surface area (Å²) in [6.45, 7) is 19.0. The van der Waals surface area contributed by atoms with Crippen molar-refractivity contribution < 1.29 is 15.3 Å². The van der Waals surface area contributed by atoms with Crippen LogP contribution in [-0.4, -0.2) is 33.6 Å². The first-order valence-corrected chi connectivity index (χ1v) is 13.9. The Kier molecular flexibility index (Phi) is 5.23. The Morgan fingerprint density at radius 2 is 1.48 bits per heavy atom. The van der Waals surface area contributed by atoms with Gasteiger partial charge >= 0.3 is 0 Å². The first-order valence-electron chi connectivity index (χ1n) is 13.9. The van der Waals surface area contributed by atoms with E-state index in [-0.39, 0.29) is 33.2 Å². The van der Waals surface area contributed by atoms with Crippen molar-refractivity contribution in [2.45, 2.75) is 125 Å². The van der Waals surface area contributed by atoms with E-state index in [0.717, 1.165) is 32.1 Å². The lowest BCUT2D eigenvalue weighted by atomic mass is 9.37. The summed E-state index contributed by atoms with van der Waals surface area (Å²) in [5.74, 6) is 2.00. The molecule has 5 rings (SSSR count). The van der Waals surface area contributed by atoms with Crippen molar-refractivity contribution in [3.8, 4) is 0 Å². The Balaban J connectivity index is 1.60. The third kappa shape index (κ3) is 2.80. The van der Waals surface area contributed by atoms with Gasteiger partial charge in [0.1, 0.15) is 0 Å². The van der Waals surface area contributed by atoms with Crippen LogP contribution in [0.2, 0.25) is 0 Å². The average Bonchev–Trinajstić information content (AvgIpc) is 2.99. The Hall–Kier alpha value is -0.380. The van der Waals surface area contributed by atoms with Crippen molar-refractivity contribution in [2.24, 2.45) is 50.7 Å². The van der Waals surface area contributed by atoms with Crippen LogP contribution in [0.25, 0.3) is 0 Å². The van der Waals surface area contributed by atoms with E-state index >= 15 is 0 Å². The van der Waals surface area contributed by atoms with Crippen molar-refractivity contribution in [3.63, 3.8) is 0 Å².